The Morgan fingerprint density at radius 3 is 1.67 bits per heavy atom. The smallest absolute Gasteiger partial charge is 0.209 e. The van der Waals surface area contributed by atoms with Crippen LogP contribution in [0.4, 0.5) is 13.2 Å². The van der Waals surface area contributed by atoms with Gasteiger partial charge in [0, 0.05) is 19.3 Å². The van der Waals surface area contributed by atoms with Crippen molar-refractivity contribution in [1.29, 1.82) is 0 Å². The summed E-state index contributed by atoms with van der Waals surface area (Å²) in [7, 11) is -4.84. The van der Waals surface area contributed by atoms with E-state index in [1.807, 2.05) is 0 Å². The summed E-state index contributed by atoms with van der Waals surface area (Å²) in [5.41, 5.74) is -5.10. The highest BCUT2D eigenvalue weighted by molar-refractivity contribution is 14.2. The average molecular weight is 274 g/mol. The molecule has 0 bridgehead atoms. The van der Waals surface area contributed by atoms with Crippen molar-refractivity contribution in [3.05, 3.63) is 0 Å². The Morgan fingerprint density at radius 1 is 1.33 bits per heavy atom. The summed E-state index contributed by atoms with van der Waals surface area (Å²) in [5, 5.41) is 0. The third-order valence-electron chi connectivity index (χ3n) is 0.420. The van der Waals surface area contributed by atoms with E-state index in [0.717, 1.165) is 0 Å². The van der Waals surface area contributed by atoms with Gasteiger partial charge in [-0.25, -0.2) is 8.42 Å². The first kappa shape index (κ1) is 9.34. The van der Waals surface area contributed by atoms with E-state index in [0.29, 0.717) is 0 Å². The summed E-state index contributed by atoms with van der Waals surface area (Å²) in [6.07, 6.45) is 0. The van der Waals surface area contributed by atoms with Crippen molar-refractivity contribution >= 4 is 30.9 Å². The van der Waals surface area contributed by atoms with Crippen LogP contribution in [0.15, 0.2) is 0 Å². The lowest BCUT2D eigenvalue weighted by Gasteiger charge is -1.99. The van der Waals surface area contributed by atoms with Crippen LogP contribution in [0.5, 0.6) is 0 Å². The molecule has 0 radical (unpaired) electrons. The topological polar surface area (TPSA) is 34.1 Å². The summed E-state index contributed by atoms with van der Waals surface area (Å²) in [6, 6.07) is 0. The molecule has 0 saturated carbocycles. The molecule has 0 aromatic heterocycles. The van der Waals surface area contributed by atoms with Gasteiger partial charge >= 0.3 is 5.51 Å². The predicted molar refractivity (Wildman–Crippen MR) is 36.1 cm³/mol. The summed E-state index contributed by atoms with van der Waals surface area (Å²) >= 11 is -2.03. The normalized spacial score (nSPS) is 13.7. The third-order valence-corrected chi connectivity index (χ3v) is 5.22. The Kier molecular flexibility index (Phi) is 2.62. The Morgan fingerprint density at radius 2 is 1.67 bits per heavy atom. The van der Waals surface area contributed by atoms with Crippen LogP contribution in [-0.4, -0.2) is 18.4 Å². The van der Waals surface area contributed by atoms with E-state index in [1.54, 1.807) is 0 Å². The van der Waals surface area contributed by atoms with Crippen molar-refractivity contribution in [2.24, 2.45) is 0 Å². The van der Waals surface area contributed by atoms with Crippen LogP contribution in [-0.2, 0) is 7.01 Å². The lowest BCUT2D eigenvalue weighted by atomic mass is 11.6. The molecule has 0 aromatic carbocycles. The van der Waals surface area contributed by atoms with Gasteiger partial charge in [0.05, 0.1) is 0 Å². The summed E-state index contributed by atoms with van der Waals surface area (Å²) in [4.78, 5) is 0. The Balaban J connectivity index is 4.79. The van der Waals surface area contributed by atoms with Gasteiger partial charge in [-0.15, -0.1) is 0 Å². The molecule has 0 atom stereocenters. The van der Waals surface area contributed by atoms with Crippen molar-refractivity contribution in [2.45, 2.75) is 5.51 Å². The van der Waals surface area contributed by atoms with E-state index >= 15 is 0 Å². The van der Waals surface area contributed by atoms with Crippen molar-refractivity contribution in [1.82, 2.24) is 0 Å². The van der Waals surface area contributed by atoms with E-state index in [1.165, 1.54) is 0 Å². The first-order valence-electron chi connectivity index (χ1n) is 1.53. The van der Waals surface area contributed by atoms with Gasteiger partial charge in [0.1, 0.15) is 0 Å². The summed E-state index contributed by atoms with van der Waals surface area (Å²) < 4.78 is 56.2. The van der Waals surface area contributed by atoms with Crippen molar-refractivity contribution in [3.8, 4) is 0 Å². The number of hydrogen-bond acceptors (Lipinski definition) is 2. The lowest BCUT2D eigenvalue weighted by Crippen LogP contribution is -2.16. The molecule has 0 aliphatic heterocycles. The van der Waals surface area contributed by atoms with E-state index < -0.39 is 31.9 Å². The maximum Gasteiger partial charge on any atom is 0.506 e. The first-order valence-corrected chi connectivity index (χ1v) is 7.08. The van der Waals surface area contributed by atoms with Gasteiger partial charge < -0.3 is 0 Å². The maximum absolute atomic E-state index is 11.2. The minimum Gasteiger partial charge on any atom is -0.209 e. The van der Waals surface area contributed by atoms with Gasteiger partial charge in [0.25, 0.3) is 7.01 Å². The lowest BCUT2D eigenvalue weighted by molar-refractivity contribution is -0.0404. The minimum atomic E-state index is -5.10. The molecular formula is C2H2F3IO2S. The molecule has 0 aliphatic carbocycles. The molecule has 0 spiro atoms. The highest BCUT2D eigenvalue weighted by Crippen LogP contribution is 2.30. The second-order valence-electron chi connectivity index (χ2n) is 0.993. The predicted octanol–water partition coefficient (Wildman–Crippen LogP) is 1.24. The molecule has 0 saturated heterocycles. The fourth-order valence-corrected chi connectivity index (χ4v) is 1.24. The molecule has 7 heteroatoms. The van der Waals surface area contributed by atoms with E-state index in [2.05, 4.69) is 4.51 Å². The van der Waals surface area contributed by atoms with E-state index in [4.69, 9.17) is 0 Å². The molecule has 0 aromatic rings. The highest BCUT2D eigenvalue weighted by atomic mass is 127. The maximum atomic E-state index is 11.2. The zero-order valence-corrected chi connectivity index (χ0v) is 6.92. The van der Waals surface area contributed by atoms with Crippen molar-refractivity contribution < 1.29 is 21.6 Å². The van der Waals surface area contributed by atoms with Gasteiger partial charge in [-0.1, -0.05) is 4.51 Å². The van der Waals surface area contributed by atoms with Crippen LogP contribution < -0.4 is 0 Å². The Labute approximate surface area is 58.2 Å². The number of rotatable bonds is 1. The SMILES string of the molecule is C=IS(=O)(=O)C(F)(F)F. The van der Waals surface area contributed by atoms with Crippen LogP contribution in [0.25, 0.3) is 0 Å². The molecule has 0 amide bonds. The quantitative estimate of drug-likeness (QED) is 0.532. The fraction of sp³-hybridized carbons (Fsp3) is 0.500. The second-order valence-corrected chi connectivity index (χ2v) is 7.90. The molecule has 2 nitrogen and oxygen atoms in total. The first-order chi connectivity index (χ1) is 3.81. The van der Waals surface area contributed by atoms with Crippen LogP contribution >= 0.6 is 19.3 Å². The zero-order valence-electron chi connectivity index (χ0n) is 3.94. The molecule has 0 unspecified atom stereocenters. The number of alkyl halides is 3. The summed E-state index contributed by atoms with van der Waals surface area (Å²) in [6.45, 7) is 0. The molecule has 0 aliphatic rings. The van der Waals surface area contributed by atoms with Crippen LogP contribution in [0.3, 0.4) is 0 Å². The summed E-state index contributed by atoms with van der Waals surface area (Å²) in [5.74, 6) is 0. The van der Waals surface area contributed by atoms with E-state index in [9.17, 15) is 21.6 Å². The van der Waals surface area contributed by atoms with Gasteiger partial charge in [0.15, 0.2) is 0 Å². The van der Waals surface area contributed by atoms with Gasteiger partial charge in [-0.2, -0.15) is 13.2 Å². The van der Waals surface area contributed by atoms with Gasteiger partial charge in [-0.05, 0) is 0 Å². The Hall–Kier alpha value is 0.340. The van der Waals surface area contributed by atoms with Gasteiger partial charge in [0.2, 0.25) is 0 Å². The number of halogens is 4. The van der Waals surface area contributed by atoms with E-state index in [-0.39, 0.29) is 0 Å². The highest BCUT2D eigenvalue weighted by Gasteiger charge is 2.43. The van der Waals surface area contributed by atoms with Crippen LogP contribution in [0.2, 0.25) is 0 Å². The van der Waals surface area contributed by atoms with Crippen molar-refractivity contribution in [2.75, 3.05) is 0 Å². The molecule has 0 rings (SSSR count). The zero-order chi connectivity index (χ0) is 7.71. The monoisotopic (exact) mass is 274 g/mol. The Bertz CT molecular complexity index is 202. The minimum absolute atomic E-state index is 2.03. The van der Waals surface area contributed by atoms with Gasteiger partial charge in [-0.3, -0.25) is 0 Å². The van der Waals surface area contributed by atoms with Crippen LogP contribution in [0.1, 0.15) is 0 Å². The fourth-order valence-electron chi connectivity index (χ4n) is 0.0619. The molecular weight excluding hydrogens is 272 g/mol. The molecule has 0 fully saturated rings. The second kappa shape index (κ2) is 2.52. The average Bonchev–Trinajstić information content (AvgIpc) is 1.64. The van der Waals surface area contributed by atoms with Crippen LogP contribution in [0, 0.1) is 0 Å². The number of hydrogen-bond donors (Lipinski definition) is 0. The molecule has 56 valence electrons. The third kappa shape index (κ3) is 2.20. The molecule has 0 N–H and O–H groups in total. The molecule has 0 heterocycles. The van der Waals surface area contributed by atoms with Crippen molar-refractivity contribution in [3.63, 3.8) is 0 Å². The largest absolute Gasteiger partial charge is 0.506 e. The molecule has 9 heavy (non-hydrogen) atoms. The standard InChI is InChI=1S/C2H2F3IO2S/c1-6-9(7,8)2(3,4)5/h1H2.